The second-order valence-corrected chi connectivity index (χ2v) is 6.84. The molecule has 0 bridgehead atoms. The van der Waals surface area contributed by atoms with Crippen molar-refractivity contribution in [2.75, 3.05) is 6.54 Å². The van der Waals surface area contributed by atoms with Gasteiger partial charge in [0.15, 0.2) is 0 Å². The SMILES string of the molecule is Cc1cc(C(=O)NCCCc2c[nH]c3ccc(F)cc23)c2ccc(F)cc2n1. The zero-order valence-corrected chi connectivity index (χ0v) is 15.4. The summed E-state index contributed by atoms with van der Waals surface area (Å²) in [6.07, 6.45) is 3.30. The molecule has 142 valence electrons. The van der Waals surface area contributed by atoms with Gasteiger partial charge in [-0.1, -0.05) is 0 Å². The van der Waals surface area contributed by atoms with Crippen LogP contribution < -0.4 is 5.32 Å². The summed E-state index contributed by atoms with van der Waals surface area (Å²) in [5.41, 5.74) is 3.52. The molecule has 2 heterocycles. The van der Waals surface area contributed by atoms with Crippen LogP contribution >= 0.6 is 0 Å². The topological polar surface area (TPSA) is 57.8 Å². The van der Waals surface area contributed by atoms with Crippen molar-refractivity contribution in [2.24, 2.45) is 0 Å². The van der Waals surface area contributed by atoms with E-state index < -0.39 is 0 Å². The van der Waals surface area contributed by atoms with Gasteiger partial charge in [0.25, 0.3) is 5.91 Å². The summed E-state index contributed by atoms with van der Waals surface area (Å²) < 4.78 is 26.9. The molecule has 0 aliphatic carbocycles. The largest absolute Gasteiger partial charge is 0.361 e. The molecule has 0 radical (unpaired) electrons. The Hall–Kier alpha value is -3.28. The van der Waals surface area contributed by atoms with E-state index in [1.807, 2.05) is 6.20 Å². The number of aromatic nitrogens is 2. The molecule has 4 aromatic rings. The summed E-state index contributed by atoms with van der Waals surface area (Å²) in [5.74, 6) is -0.864. The Morgan fingerprint density at radius 1 is 1.07 bits per heavy atom. The molecule has 0 atom stereocenters. The first-order valence-electron chi connectivity index (χ1n) is 9.12. The fraction of sp³-hybridized carbons (Fsp3) is 0.182. The van der Waals surface area contributed by atoms with E-state index in [2.05, 4.69) is 15.3 Å². The minimum Gasteiger partial charge on any atom is -0.361 e. The van der Waals surface area contributed by atoms with E-state index in [0.717, 1.165) is 16.5 Å². The van der Waals surface area contributed by atoms with Crippen molar-refractivity contribution in [3.05, 3.63) is 77.1 Å². The van der Waals surface area contributed by atoms with Gasteiger partial charge in [-0.2, -0.15) is 0 Å². The van der Waals surface area contributed by atoms with E-state index in [4.69, 9.17) is 0 Å². The number of hydrogen-bond acceptors (Lipinski definition) is 2. The van der Waals surface area contributed by atoms with Gasteiger partial charge in [0, 0.05) is 40.8 Å². The molecular weight excluding hydrogens is 360 g/mol. The molecule has 0 saturated carbocycles. The minimum absolute atomic E-state index is 0.216. The summed E-state index contributed by atoms with van der Waals surface area (Å²) in [5, 5.41) is 4.40. The highest BCUT2D eigenvalue weighted by Gasteiger charge is 2.12. The molecule has 0 saturated heterocycles. The second-order valence-electron chi connectivity index (χ2n) is 6.84. The molecular formula is C22H19F2N3O. The Kier molecular flexibility index (Phi) is 4.77. The van der Waals surface area contributed by atoms with E-state index in [0.29, 0.717) is 41.5 Å². The lowest BCUT2D eigenvalue weighted by molar-refractivity contribution is 0.0954. The first kappa shape index (κ1) is 18.1. The van der Waals surface area contributed by atoms with Crippen molar-refractivity contribution in [1.82, 2.24) is 15.3 Å². The zero-order chi connectivity index (χ0) is 19.7. The molecule has 4 rings (SSSR count). The lowest BCUT2D eigenvalue weighted by Crippen LogP contribution is -2.25. The number of carbonyl (C=O) groups is 1. The number of carbonyl (C=O) groups excluding carboxylic acids is 1. The number of amides is 1. The van der Waals surface area contributed by atoms with E-state index >= 15 is 0 Å². The molecule has 0 aliphatic rings. The molecule has 2 aromatic heterocycles. The van der Waals surface area contributed by atoms with Gasteiger partial charge in [0.1, 0.15) is 11.6 Å². The third-order valence-corrected chi connectivity index (χ3v) is 4.78. The third kappa shape index (κ3) is 3.58. The molecule has 6 heteroatoms. The Balaban J connectivity index is 1.43. The first-order chi connectivity index (χ1) is 13.5. The van der Waals surface area contributed by atoms with Crippen molar-refractivity contribution < 1.29 is 13.6 Å². The highest BCUT2D eigenvalue weighted by Crippen LogP contribution is 2.21. The molecule has 0 spiro atoms. The standard InChI is InChI=1S/C22H19F2N3O/c1-13-9-19(17-6-4-16(24)11-21(17)27-13)22(28)25-8-2-3-14-12-26-20-7-5-15(23)10-18(14)20/h4-7,9-12,26H,2-3,8H2,1H3,(H,25,28). The smallest absolute Gasteiger partial charge is 0.252 e. The van der Waals surface area contributed by atoms with E-state index in [1.165, 1.54) is 24.3 Å². The maximum atomic E-state index is 13.5. The van der Waals surface area contributed by atoms with Crippen molar-refractivity contribution >= 4 is 27.7 Å². The maximum Gasteiger partial charge on any atom is 0.252 e. The lowest BCUT2D eigenvalue weighted by atomic mass is 10.1. The predicted octanol–water partition coefficient (Wildman–Crippen LogP) is 4.67. The molecule has 2 aromatic carbocycles. The van der Waals surface area contributed by atoms with Crippen LogP contribution in [0.25, 0.3) is 21.8 Å². The molecule has 2 N–H and O–H groups in total. The average molecular weight is 379 g/mol. The Morgan fingerprint density at radius 2 is 1.86 bits per heavy atom. The van der Waals surface area contributed by atoms with Gasteiger partial charge < -0.3 is 10.3 Å². The van der Waals surface area contributed by atoms with Crippen molar-refractivity contribution in [3.63, 3.8) is 0 Å². The number of nitrogens with one attached hydrogen (secondary N) is 2. The second kappa shape index (κ2) is 7.38. The number of halogens is 2. The quantitative estimate of drug-likeness (QED) is 0.495. The molecule has 28 heavy (non-hydrogen) atoms. The van der Waals surface area contributed by atoms with Crippen LogP contribution in [0.3, 0.4) is 0 Å². The van der Waals surface area contributed by atoms with Crippen LogP contribution in [0.5, 0.6) is 0 Å². The Morgan fingerprint density at radius 3 is 2.71 bits per heavy atom. The lowest BCUT2D eigenvalue weighted by Gasteiger charge is -2.09. The monoisotopic (exact) mass is 379 g/mol. The molecule has 0 fully saturated rings. The van der Waals surface area contributed by atoms with Crippen molar-refractivity contribution in [2.45, 2.75) is 19.8 Å². The Bertz CT molecular complexity index is 1180. The molecule has 0 aliphatic heterocycles. The molecule has 1 amide bonds. The van der Waals surface area contributed by atoms with Gasteiger partial charge in [-0.05, 0) is 61.7 Å². The summed E-state index contributed by atoms with van der Waals surface area (Å²) in [4.78, 5) is 20.0. The maximum absolute atomic E-state index is 13.5. The van der Waals surface area contributed by atoms with Gasteiger partial charge in [0.2, 0.25) is 0 Å². The van der Waals surface area contributed by atoms with Crippen LogP contribution in [0.4, 0.5) is 8.78 Å². The number of benzene rings is 2. The predicted molar refractivity (Wildman–Crippen MR) is 105 cm³/mol. The zero-order valence-electron chi connectivity index (χ0n) is 15.4. The van der Waals surface area contributed by atoms with Crippen LogP contribution in [0, 0.1) is 18.6 Å². The van der Waals surface area contributed by atoms with E-state index in [1.54, 1.807) is 25.1 Å². The number of rotatable bonds is 5. The number of hydrogen-bond donors (Lipinski definition) is 2. The fourth-order valence-corrected chi connectivity index (χ4v) is 3.46. The van der Waals surface area contributed by atoms with Crippen LogP contribution in [0.15, 0.2) is 48.7 Å². The van der Waals surface area contributed by atoms with Gasteiger partial charge in [0.05, 0.1) is 11.1 Å². The number of H-pyrrole nitrogens is 1. The Labute approximate surface area is 160 Å². The molecule has 0 unspecified atom stereocenters. The third-order valence-electron chi connectivity index (χ3n) is 4.78. The summed E-state index contributed by atoms with van der Waals surface area (Å²) in [7, 11) is 0. The van der Waals surface area contributed by atoms with Gasteiger partial charge >= 0.3 is 0 Å². The van der Waals surface area contributed by atoms with Crippen LogP contribution in [0.1, 0.15) is 28.0 Å². The van der Waals surface area contributed by atoms with Gasteiger partial charge in [-0.25, -0.2) is 8.78 Å². The summed E-state index contributed by atoms with van der Waals surface area (Å²) in [6.45, 7) is 2.25. The highest BCUT2D eigenvalue weighted by molar-refractivity contribution is 6.06. The van der Waals surface area contributed by atoms with E-state index in [9.17, 15) is 13.6 Å². The van der Waals surface area contributed by atoms with E-state index in [-0.39, 0.29) is 17.5 Å². The van der Waals surface area contributed by atoms with Crippen molar-refractivity contribution in [1.29, 1.82) is 0 Å². The van der Waals surface area contributed by atoms with Gasteiger partial charge in [-0.15, -0.1) is 0 Å². The number of fused-ring (bicyclic) bond motifs is 2. The normalized spacial score (nSPS) is 11.2. The first-order valence-corrected chi connectivity index (χ1v) is 9.12. The van der Waals surface area contributed by atoms with Crippen molar-refractivity contribution in [3.8, 4) is 0 Å². The number of nitrogens with zero attached hydrogens (tertiary/aromatic N) is 1. The number of aromatic amines is 1. The van der Waals surface area contributed by atoms with Gasteiger partial charge in [-0.3, -0.25) is 9.78 Å². The summed E-state index contributed by atoms with van der Waals surface area (Å²) >= 11 is 0. The number of pyridine rings is 1. The highest BCUT2D eigenvalue weighted by atomic mass is 19.1. The van der Waals surface area contributed by atoms with Crippen LogP contribution in [-0.4, -0.2) is 22.4 Å². The summed E-state index contributed by atoms with van der Waals surface area (Å²) in [6, 6.07) is 10.6. The van der Waals surface area contributed by atoms with Crippen LogP contribution in [-0.2, 0) is 6.42 Å². The molecule has 4 nitrogen and oxygen atoms in total. The average Bonchev–Trinajstić information content (AvgIpc) is 3.06. The van der Waals surface area contributed by atoms with Crippen LogP contribution in [0.2, 0.25) is 0 Å². The number of aryl methyl sites for hydroxylation is 2. The fourth-order valence-electron chi connectivity index (χ4n) is 3.46. The minimum atomic E-state index is -0.382.